The van der Waals surface area contributed by atoms with E-state index >= 15 is 0 Å². The highest BCUT2D eigenvalue weighted by Crippen LogP contribution is 2.26. The zero-order valence-electron chi connectivity index (χ0n) is 10.0. The molecule has 2 nitrogen and oxygen atoms in total. The fraction of sp³-hybridized carbons (Fsp3) is 0.429. The van der Waals surface area contributed by atoms with Crippen molar-refractivity contribution < 1.29 is 0 Å². The summed E-state index contributed by atoms with van der Waals surface area (Å²) in [5, 5.41) is 4.18. The molecule has 0 aliphatic carbocycles. The molecule has 17 heavy (non-hydrogen) atoms. The molecule has 0 saturated carbocycles. The smallest absolute Gasteiger partial charge is 0.0406 e. The van der Waals surface area contributed by atoms with Gasteiger partial charge in [-0.1, -0.05) is 29.8 Å². The second-order valence-corrected chi connectivity index (χ2v) is 4.81. The molecule has 0 amide bonds. The Morgan fingerprint density at radius 3 is 2.53 bits per heavy atom. The molecule has 1 aromatic carbocycles. The van der Waals surface area contributed by atoms with Crippen LogP contribution in [0.15, 0.2) is 36.9 Å². The van der Waals surface area contributed by atoms with Gasteiger partial charge in [-0.3, -0.25) is 4.90 Å². The minimum atomic E-state index is 0.437. The quantitative estimate of drug-likeness (QED) is 0.827. The van der Waals surface area contributed by atoms with Crippen LogP contribution in [0.5, 0.6) is 0 Å². The van der Waals surface area contributed by atoms with Gasteiger partial charge in [-0.25, -0.2) is 0 Å². The molecule has 0 bridgehead atoms. The van der Waals surface area contributed by atoms with Gasteiger partial charge in [0.2, 0.25) is 0 Å². The first-order valence-electron chi connectivity index (χ1n) is 6.12. The van der Waals surface area contributed by atoms with E-state index in [1.165, 1.54) is 5.56 Å². The van der Waals surface area contributed by atoms with Gasteiger partial charge in [-0.2, -0.15) is 0 Å². The lowest BCUT2D eigenvalue weighted by Crippen LogP contribution is -2.45. The summed E-state index contributed by atoms with van der Waals surface area (Å²) < 4.78 is 0. The molecule has 1 heterocycles. The van der Waals surface area contributed by atoms with E-state index in [2.05, 4.69) is 28.9 Å². The van der Waals surface area contributed by atoms with Gasteiger partial charge >= 0.3 is 0 Å². The highest BCUT2D eigenvalue weighted by atomic mass is 35.5. The number of rotatable bonds is 4. The number of nitrogens with one attached hydrogen (secondary N) is 1. The van der Waals surface area contributed by atoms with Crippen molar-refractivity contribution in [3.63, 3.8) is 0 Å². The van der Waals surface area contributed by atoms with Gasteiger partial charge in [0.25, 0.3) is 0 Å². The molecule has 0 spiro atoms. The molecule has 1 N–H and O–H groups in total. The van der Waals surface area contributed by atoms with E-state index in [1.807, 2.05) is 18.2 Å². The maximum atomic E-state index is 5.94. The van der Waals surface area contributed by atoms with Crippen molar-refractivity contribution in [2.45, 2.75) is 12.5 Å². The third-order valence-electron chi connectivity index (χ3n) is 3.24. The van der Waals surface area contributed by atoms with Crippen molar-refractivity contribution in [2.75, 3.05) is 26.2 Å². The van der Waals surface area contributed by atoms with Crippen molar-refractivity contribution in [2.24, 2.45) is 0 Å². The van der Waals surface area contributed by atoms with Crippen LogP contribution in [0.1, 0.15) is 18.0 Å². The van der Waals surface area contributed by atoms with E-state index in [4.69, 9.17) is 11.6 Å². The van der Waals surface area contributed by atoms with Gasteiger partial charge in [0, 0.05) is 37.2 Å². The van der Waals surface area contributed by atoms with Crippen LogP contribution in [0.4, 0.5) is 0 Å². The summed E-state index contributed by atoms with van der Waals surface area (Å²) in [6.45, 7) is 8.21. The number of benzene rings is 1. The third-order valence-corrected chi connectivity index (χ3v) is 3.49. The average molecular weight is 251 g/mol. The topological polar surface area (TPSA) is 15.3 Å². The lowest BCUT2D eigenvalue weighted by molar-refractivity contribution is 0.174. The van der Waals surface area contributed by atoms with Crippen molar-refractivity contribution in [1.29, 1.82) is 0 Å². The number of halogens is 1. The van der Waals surface area contributed by atoms with E-state index in [9.17, 15) is 0 Å². The predicted molar refractivity (Wildman–Crippen MR) is 73.4 cm³/mol. The van der Waals surface area contributed by atoms with Gasteiger partial charge in [-0.05, 0) is 24.1 Å². The molecule has 92 valence electrons. The normalized spacial score (nSPS) is 18.9. The fourth-order valence-corrected chi connectivity index (χ4v) is 2.46. The second kappa shape index (κ2) is 6.20. The Labute approximate surface area is 108 Å². The van der Waals surface area contributed by atoms with Crippen molar-refractivity contribution >= 4 is 11.6 Å². The average Bonchev–Trinajstić information content (AvgIpc) is 2.38. The highest BCUT2D eigenvalue weighted by Gasteiger charge is 2.20. The summed E-state index contributed by atoms with van der Waals surface area (Å²) in [7, 11) is 0. The first-order chi connectivity index (χ1) is 8.31. The Morgan fingerprint density at radius 1 is 1.29 bits per heavy atom. The maximum absolute atomic E-state index is 5.94. The summed E-state index contributed by atoms with van der Waals surface area (Å²) in [4.78, 5) is 2.52. The van der Waals surface area contributed by atoms with Crippen LogP contribution in [0, 0.1) is 0 Å². The zero-order chi connectivity index (χ0) is 12.1. The fourth-order valence-electron chi connectivity index (χ4n) is 2.33. The Hall–Kier alpha value is -0.830. The van der Waals surface area contributed by atoms with Crippen LogP contribution in [0.25, 0.3) is 0 Å². The van der Waals surface area contributed by atoms with Gasteiger partial charge < -0.3 is 5.32 Å². The maximum Gasteiger partial charge on any atom is 0.0406 e. The Kier molecular flexibility index (Phi) is 4.60. The summed E-state index contributed by atoms with van der Waals surface area (Å²) in [5.41, 5.74) is 1.33. The number of nitrogens with zero attached hydrogens (tertiary/aromatic N) is 1. The molecule has 3 heteroatoms. The van der Waals surface area contributed by atoms with Crippen LogP contribution in [-0.4, -0.2) is 31.1 Å². The molecule has 1 aromatic rings. The van der Waals surface area contributed by atoms with Crippen LogP contribution in [0.2, 0.25) is 5.02 Å². The molecule has 1 fully saturated rings. The molecular formula is C14H19ClN2. The predicted octanol–water partition coefficient (Wildman–Crippen LogP) is 2.86. The molecular weight excluding hydrogens is 232 g/mol. The molecule has 1 aliphatic heterocycles. The Morgan fingerprint density at radius 2 is 1.94 bits per heavy atom. The summed E-state index contributed by atoms with van der Waals surface area (Å²) in [6.07, 6.45) is 2.99. The van der Waals surface area contributed by atoms with E-state index in [-0.39, 0.29) is 0 Å². The molecule has 1 aliphatic rings. The van der Waals surface area contributed by atoms with E-state index < -0.39 is 0 Å². The molecule has 0 unspecified atom stereocenters. The lowest BCUT2D eigenvalue weighted by atomic mass is 10.0. The Balaban J connectivity index is 2.15. The van der Waals surface area contributed by atoms with Crippen LogP contribution >= 0.6 is 11.6 Å². The highest BCUT2D eigenvalue weighted by molar-refractivity contribution is 6.30. The zero-order valence-corrected chi connectivity index (χ0v) is 10.8. The van der Waals surface area contributed by atoms with E-state index in [1.54, 1.807) is 0 Å². The number of hydrogen-bond donors (Lipinski definition) is 1. The largest absolute Gasteiger partial charge is 0.314 e. The van der Waals surface area contributed by atoms with Crippen LogP contribution in [0.3, 0.4) is 0 Å². The molecule has 0 aromatic heterocycles. The van der Waals surface area contributed by atoms with Gasteiger partial charge in [-0.15, -0.1) is 6.58 Å². The SMILES string of the molecule is C=CC[C@H](c1ccc(Cl)cc1)N1CCNCC1. The van der Waals surface area contributed by atoms with Crippen LogP contribution in [-0.2, 0) is 0 Å². The van der Waals surface area contributed by atoms with E-state index in [0.29, 0.717) is 6.04 Å². The standard InChI is InChI=1S/C14H19ClN2/c1-2-3-14(17-10-8-16-9-11-17)12-4-6-13(15)7-5-12/h2,4-7,14,16H,1,3,8-11H2/t14-/m1/s1. The second-order valence-electron chi connectivity index (χ2n) is 4.38. The first kappa shape index (κ1) is 12.6. The summed E-state index contributed by atoms with van der Waals surface area (Å²) in [6, 6.07) is 8.62. The van der Waals surface area contributed by atoms with Crippen molar-refractivity contribution in [1.82, 2.24) is 10.2 Å². The summed E-state index contributed by atoms with van der Waals surface area (Å²) in [5.74, 6) is 0. The minimum Gasteiger partial charge on any atom is -0.314 e. The molecule has 2 rings (SSSR count). The van der Waals surface area contributed by atoms with Crippen LogP contribution < -0.4 is 5.32 Å². The minimum absolute atomic E-state index is 0.437. The summed E-state index contributed by atoms with van der Waals surface area (Å²) >= 11 is 5.94. The molecule has 0 radical (unpaired) electrons. The monoisotopic (exact) mass is 250 g/mol. The third kappa shape index (κ3) is 3.32. The van der Waals surface area contributed by atoms with Crippen molar-refractivity contribution in [3.05, 3.63) is 47.5 Å². The molecule has 1 atom stereocenters. The lowest BCUT2D eigenvalue weighted by Gasteiger charge is -2.34. The van der Waals surface area contributed by atoms with Crippen molar-refractivity contribution in [3.8, 4) is 0 Å². The molecule has 1 saturated heterocycles. The van der Waals surface area contributed by atoms with Gasteiger partial charge in [0.1, 0.15) is 0 Å². The van der Waals surface area contributed by atoms with Gasteiger partial charge in [0.15, 0.2) is 0 Å². The number of piperazine rings is 1. The van der Waals surface area contributed by atoms with E-state index in [0.717, 1.165) is 37.6 Å². The number of hydrogen-bond acceptors (Lipinski definition) is 2. The first-order valence-corrected chi connectivity index (χ1v) is 6.50. The Bertz CT molecular complexity index is 355. The van der Waals surface area contributed by atoms with Gasteiger partial charge in [0.05, 0.1) is 0 Å².